The summed E-state index contributed by atoms with van der Waals surface area (Å²) in [4.78, 5) is 2.35. The van der Waals surface area contributed by atoms with Crippen molar-refractivity contribution >= 4 is 38.6 Å². The summed E-state index contributed by atoms with van der Waals surface area (Å²) in [6.45, 7) is 0. The summed E-state index contributed by atoms with van der Waals surface area (Å²) in [7, 11) is 0. The second-order valence-electron chi connectivity index (χ2n) is 11.3. The van der Waals surface area contributed by atoms with E-state index in [9.17, 15) is 0 Å². The van der Waals surface area contributed by atoms with Crippen LogP contribution in [0.2, 0.25) is 0 Å². The lowest BCUT2D eigenvalue weighted by Gasteiger charge is -2.28. The van der Waals surface area contributed by atoms with Gasteiger partial charge in [-0.15, -0.1) is 0 Å². The first-order valence-electron chi connectivity index (χ1n) is 15.5. The Morgan fingerprint density at radius 2 is 0.711 bits per heavy atom. The van der Waals surface area contributed by atoms with E-state index in [-0.39, 0.29) is 0 Å². The average molecular weight is 574 g/mol. The van der Waals surface area contributed by atoms with Crippen LogP contribution in [0.5, 0.6) is 0 Å². The highest BCUT2D eigenvalue weighted by molar-refractivity contribution is 6.22. The summed E-state index contributed by atoms with van der Waals surface area (Å²) in [6, 6.07) is 67.5. The van der Waals surface area contributed by atoms with E-state index >= 15 is 0 Å². The molecule has 0 bridgehead atoms. The molecule has 0 aromatic heterocycles. The molecule has 212 valence electrons. The van der Waals surface area contributed by atoms with Crippen molar-refractivity contribution in [3.63, 3.8) is 0 Å². The number of benzene rings is 8. The molecule has 1 heteroatoms. The SMILES string of the molecule is c1ccc(-c2c3ccccc3c(-c3ccccc3)c3cc(-c4ccccc4N(c4ccccc4)c4ccccc4)ccc23)cc1. The van der Waals surface area contributed by atoms with Gasteiger partial charge in [-0.3, -0.25) is 0 Å². The number of hydrogen-bond donors (Lipinski definition) is 0. The zero-order chi connectivity index (χ0) is 30.0. The molecule has 0 saturated heterocycles. The molecule has 0 N–H and O–H groups in total. The molecule has 1 nitrogen and oxygen atoms in total. The van der Waals surface area contributed by atoms with Crippen LogP contribution in [0.15, 0.2) is 188 Å². The number of hydrogen-bond acceptors (Lipinski definition) is 1. The molecule has 0 unspecified atom stereocenters. The first-order chi connectivity index (χ1) is 22.4. The lowest BCUT2D eigenvalue weighted by Crippen LogP contribution is -2.10. The van der Waals surface area contributed by atoms with Gasteiger partial charge >= 0.3 is 0 Å². The highest BCUT2D eigenvalue weighted by Crippen LogP contribution is 2.46. The molecule has 8 aromatic rings. The maximum atomic E-state index is 2.41. The summed E-state index contributed by atoms with van der Waals surface area (Å²) in [5.74, 6) is 0. The van der Waals surface area contributed by atoms with Gasteiger partial charge in [0.2, 0.25) is 0 Å². The Labute approximate surface area is 264 Å². The fourth-order valence-corrected chi connectivity index (χ4v) is 6.67. The van der Waals surface area contributed by atoms with Crippen LogP contribution in [0.3, 0.4) is 0 Å². The van der Waals surface area contributed by atoms with Gasteiger partial charge in [-0.05, 0) is 85.8 Å². The molecule has 0 fully saturated rings. The molecule has 0 radical (unpaired) electrons. The number of fused-ring (bicyclic) bond motifs is 2. The normalized spacial score (nSPS) is 11.1. The molecule has 0 spiro atoms. The molecule has 8 rings (SSSR count). The Balaban J connectivity index is 1.44. The largest absolute Gasteiger partial charge is 0.310 e. The van der Waals surface area contributed by atoms with Crippen molar-refractivity contribution in [3.8, 4) is 33.4 Å². The number of para-hydroxylation sites is 3. The lowest BCUT2D eigenvalue weighted by atomic mass is 9.84. The molecule has 0 atom stereocenters. The van der Waals surface area contributed by atoms with Crippen LogP contribution in [-0.4, -0.2) is 0 Å². The average Bonchev–Trinajstić information content (AvgIpc) is 3.12. The van der Waals surface area contributed by atoms with Crippen LogP contribution >= 0.6 is 0 Å². The topological polar surface area (TPSA) is 3.24 Å². The van der Waals surface area contributed by atoms with Gasteiger partial charge in [0.25, 0.3) is 0 Å². The lowest BCUT2D eigenvalue weighted by molar-refractivity contribution is 1.28. The standard InChI is InChI=1S/C44H31N/c1-5-17-32(18-6-1)43-38-26-13-14-27-39(38)44(33-19-7-2-8-20-33)41-31-34(29-30-40(41)43)37-25-15-16-28-42(37)45(35-21-9-3-10-22-35)36-23-11-4-12-24-36/h1-31H. The minimum absolute atomic E-state index is 1.12. The van der Waals surface area contributed by atoms with Gasteiger partial charge in [0.15, 0.2) is 0 Å². The van der Waals surface area contributed by atoms with E-state index in [4.69, 9.17) is 0 Å². The molecule has 0 heterocycles. The van der Waals surface area contributed by atoms with Crippen molar-refractivity contribution in [2.24, 2.45) is 0 Å². The van der Waals surface area contributed by atoms with Crippen molar-refractivity contribution in [1.82, 2.24) is 0 Å². The Morgan fingerprint density at radius 1 is 0.289 bits per heavy atom. The summed E-state index contributed by atoms with van der Waals surface area (Å²) >= 11 is 0. The molecule has 0 amide bonds. The smallest absolute Gasteiger partial charge is 0.0540 e. The predicted octanol–water partition coefficient (Wildman–Crippen LogP) is 12.5. The van der Waals surface area contributed by atoms with E-state index in [0.717, 1.165) is 17.1 Å². The van der Waals surface area contributed by atoms with Crippen molar-refractivity contribution < 1.29 is 0 Å². The van der Waals surface area contributed by atoms with Gasteiger partial charge in [-0.25, -0.2) is 0 Å². The van der Waals surface area contributed by atoms with Crippen LogP contribution in [0, 0.1) is 0 Å². The van der Waals surface area contributed by atoms with Gasteiger partial charge in [0, 0.05) is 16.9 Å². The van der Waals surface area contributed by atoms with Crippen molar-refractivity contribution in [1.29, 1.82) is 0 Å². The fraction of sp³-hybridized carbons (Fsp3) is 0. The summed E-state index contributed by atoms with van der Waals surface area (Å²) in [6.07, 6.45) is 0. The van der Waals surface area contributed by atoms with Gasteiger partial charge < -0.3 is 4.90 Å². The summed E-state index contributed by atoms with van der Waals surface area (Å²) in [5, 5.41) is 5.03. The van der Waals surface area contributed by atoms with E-state index in [1.54, 1.807) is 0 Å². The van der Waals surface area contributed by atoms with Gasteiger partial charge in [0.1, 0.15) is 0 Å². The quantitative estimate of drug-likeness (QED) is 0.179. The molecular weight excluding hydrogens is 542 g/mol. The Bertz CT molecular complexity index is 2200. The third-order valence-electron chi connectivity index (χ3n) is 8.63. The van der Waals surface area contributed by atoms with Crippen LogP contribution in [0.4, 0.5) is 17.1 Å². The van der Waals surface area contributed by atoms with E-state index in [0.29, 0.717) is 0 Å². The maximum Gasteiger partial charge on any atom is 0.0540 e. The third-order valence-corrected chi connectivity index (χ3v) is 8.63. The molecule has 0 aliphatic rings. The minimum atomic E-state index is 1.12. The van der Waals surface area contributed by atoms with Gasteiger partial charge in [-0.1, -0.05) is 152 Å². The zero-order valence-electron chi connectivity index (χ0n) is 24.8. The fourth-order valence-electron chi connectivity index (χ4n) is 6.67. The van der Waals surface area contributed by atoms with Crippen molar-refractivity contribution in [2.45, 2.75) is 0 Å². The highest BCUT2D eigenvalue weighted by atomic mass is 15.1. The zero-order valence-corrected chi connectivity index (χ0v) is 24.8. The van der Waals surface area contributed by atoms with Crippen LogP contribution in [0.1, 0.15) is 0 Å². The van der Waals surface area contributed by atoms with Crippen LogP contribution in [0.25, 0.3) is 54.9 Å². The Kier molecular flexibility index (Phi) is 6.90. The number of anilines is 3. The van der Waals surface area contributed by atoms with Gasteiger partial charge in [-0.2, -0.15) is 0 Å². The highest BCUT2D eigenvalue weighted by Gasteiger charge is 2.20. The Hall–Kier alpha value is -5.92. The van der Waals surface area contributed by atoms with E-state index < -0.39 is 0 Å². The second kappa shape index (κ2) is 11.6. The first kappa shape index (κ1) is 26.7. The van der Waals surface area contributed by atoms with E-state index in [1.165, 1.54) is 54.9 Å². The van der Waals surface area contributed by atoms with E-state index in [2.05, 4.69) is 193 Å². The van der Waals surface area contributed by atoms with Crippen molar-refractivity contribution in [2.75, 3.05) is 4.90 Å². The number of rotatable bonds is 6. The maximum absolute atomic E-state index is 2.41. The van der Waals surface area contributed by atoms with Gasteiger partial charge in [0.05, 0.1) is 5.69 Å². The minimum Gasteiger partial charge on any atom is -0.310 e. The first-order valence-corrected chi connectivity index (χ1v) is 15.5. The molecule has 0 aliphatic carbocycles. The number of nitrogens with zero attached hydrogens (tertiary/aromatic N) is 1. The summed E-state index contributed by atoms with van der Waals surface area (Å²) < 4.78 is 0. The molecule has 0 aliphatic heterocycles. The van der Waals surface area contributed by atoms with Crippen LogP contribution < -0.4 is 4.90 Å². The van der Waals surface area contributed by atoms with E-state index in [1.807, 2.05) is 0 Å². The molecule has 0 saturated carbocycles. The second-order valence-corrected chi connectivity index (χ2v) is 11.3. The molecular formula is C44H31N. The molecule has 8 aromatic carbocycles. The third kappa shape index (κ3) is 4.85. The predicted molar refractivity (Wildman–Crippen MR) is 192 cm³/mol. The summed E-state index contributed by atoms with van der Waals surface area (Å²) in [5.41, 5.74) is 10.7. The molecule has 45 heavy (non-hydrogen) atoms. The van der Waals surface area contributed by atoms with Crippen LogP contribution in [-0.2, 0) is 0 Å². The van der Waals surface area contributed by atoms with Crippen molar-refractivity contribution in [3.05, 3.63) is 188 Å². The monoisotopic (exact) mass is 573 g/mol. The Morgan fingerprint density at radius 3 is 1.27 bits per heavy atom.